The number of nitrogens with zero attached hydrogens (tertiary/aromatic N) is 2. The van der Waals surface area contributed by atoms with E-state index >= 15 is 0 Å². The Morgan fingerprint density at radius 3 is 0.880 bits per heavy atom. The van der Waals surface area contributed by atoms with Crippen molar-refractivity contribution in [3.8, 4) is 52.4 Å². The molecule has 0 fully saturated rings. The first-order chi connectivity index (χ1) is 56.7. The Morgan fingerprint density at radius 2 is 0.607 bits per heavy atom. The Hall–Kier alpha value is -12.2. The summed E-state index contributed by atoms with van der Waals surface area (Å²) < 4.78 is 42.2. The summed E-state index contributed by atoms with van der Waals surface area (Å²) >= 11 is 10.1. The summed E-state index contributed by atoms with van der Waals surface area (Å²) in [6, 6.07) is 49.7. The lowest BCUT2D eigenvalue weighted by atomic mass is 10.2. The molecule has 0 spiro atoms. The molecule has 117 heavy (non-hydrogen) atoms. The van der Waals surface area contributed by atoms with Crippen LogP contribution in [0.15, 0.2) is 220 Å². The van der Waals surface area contributed by atoms with E-state index < -0.39 is 23.2 Å². The molecule has 628 valence electrons. The summed E-state index contributed by atoms with van der Waals surface area (Å²) in [5.41, 5.74) is 3.61. The van der Waals surface area contributed by atoms with Gasteiger partial charge in [0.05, 0.1) is 80.6 Å². The molecule has 0 radical (unpaired) electrons. The highest BCUT2D eigenvalue weighted by Gasteiger charge is 2.10. The molecule has 7 aromatic rings. The van der Waals surface area contributed by atoms with Gasteiger partial charge in [-0.3, -0.25) is 19.2 Å². The quantitative estimate of drug-likeness (QED) is 0.00346. The first-order valence-electron chi connectivity index (χ1n) is 37.9. The smallest absolute Gasteiger partial charge is 0.343 e. The molecule has 24 nitrogen and oxygen atoms in total. The predicted molar refractivity (Wildman–Crippen MR) is 450 cm³/mol. The predicted octanol–water partition coefficient (Wildman–Crippen LogP) is 18.3. The zero-order chi connectivity index (χ0) is 86.6. The zero-order valence-corrected chi connectivity index (χ0v) is 67.6. The number of aromatic carboxylic acids is 1. The number of carbonyl (C=O) groups is 9. The second-order valence-corrected chi connectivity index (χ2v) is 25.1. The summed E-state index contributed by atoms with van der Waals surface area (Å²) in [5, 5.41) is 59.7. The summed E-state index contributed by atoms with van der Waals surface area (Å²) in [6.07, 6.45) is 26.3. The van der Waals surface area contributed by atoms with Crippen molar-refractivity contribution in [2.24, 2.45) is 0 Å². The van der Waals surface area contributed by atoms with Crippen LogP contribution in [0.2, 0.25) is 0 Å². The van der Waals surface area contributed by atoms with Crippen molar-refractivity contribution < 1.29 is 107 Å². The Bertz CT molecular complexity index is 3970. The number of halogens is 2. The Labute approximate surface area is 696 Å². The number of esters is 4. The first kappa shape index (κ1) is 105. The molecule has 0 saturated carbocycles. The normalized spacial score (nSPS) is 9.56. The summed E-state index contributed by atoms with van der Waals surface area (Å²) in [7, 11) is 0. The molecular weight excluding hydrogens is 1540 g/mol. The lowest BCUT2D eigenvalue weighted by Gasteiger charge is -2.08. The molecule has 0 amide bonds. The van der Waals surface area contributed by atoms with Crippen LogP contribution < -0.4 is 23.7 Å². The molecule has 7 aromatic carbocycles. The van der Waals surface area contributed by atoms with E-state index in [1.54, 1.807) is 133 Å². The van der Waals surface area contributed by atoms with Crippen LogP contribution in [0.1, 0.15) is 191 Å². The zero-order valence-electron chi connectivity index (χ0n) is 66.1. The highest BCUT2D eigenvalue weighted by Crippen LogP contribution is 2.20. The molecule has 26 heteroatoms. The number of aliphatic hydroxyl groups is 2. The van der Waals surface area contributed by atoms with Crippen molar-refractivity contribution in [1.82, 2.24) is 0 Å². The third-order valence-corrected chi connectivity index (χ3v) is 15.5. The SMILES string of the molecule is C=CC(=O)Cl.C=CC(=O)OCCCCCCOc1ccc(C(=O)O)cc1.C=CC(=O)OCCCCCCOc1ccc(C(=O)Oc2ccc(C#N)cc2)cc1.C=CC(=O)OCCCCCCOc1ccc(C=O)cc1.N#Cc1ccc(O)cc1.O=Cc1ccc(O)cc1.O=Cc1ccc(OCCCCCCO)cc1.OCCCCCCCl. The van der Waals surface area contributed by atoms with Gasteiger partial charge < -0.3 is 63.4 Å². The van der Waals surface area contributed by atoms with Gasteiger partial charge >= 0.3 is 29.8 Å². The largest absolute Gasteiger partial charge is 0.508 e. The van der Waals surface area contributed by atoms with Crippen LogP contribution >= 0.6 is 23.2 Å². The van der Waals surface area contributed by atoms with E-state index in [0.717, 1.165) is 183 Å². The van der Waals surface area contributed by atoms with E-state index in [2.05, 4.69) is 26.3 Å². The Balaban J connectivity index is 0.00000138. The maximum absolute atomic E-state index is 12.2. The number of aldehydes is 3. The second kappa shape index (κ2) is 72.8. The molecule has 0 heterocycles. The fourth-order valence-electron chi connectivity index (χ4n) is 8.77. The monoisotopic (exact) mass is 1650 g/mol. The molecule has 0 aromatic heterocycles. The molecule has 0 aliphatic heterocycles. The number of benzene rings is 7. The topological polar surface area (TPSA) is 376 Å². The first-order valence-corrected chi connectivity index (χ1v) is 38.8. The number of carboxylic acid groups (broad SMARTS) is 1. The van der Waals surface area contributed by atoms with Crippen molar-refractivity contribution in [2.45, 2.75) is 128 Å². The number of carbonyl (C=O) groups excluding carboxylic acids is 8. The van der Waals surface area contributed by atoms with Gasteiger partial charge in [-0.2, -0.15) is 10.5 Å². The molecule has 7 rings (SSSR count). The number of phenolic OH excluding ortho intramolecular Hbond substituents is 2. The lowest BCUT2D eigenvalue weighted by molar-refractivity contribution is -0.138. The van der Waals surface area contributed by atoms with Gasteiger partial charge in [-0.25, -0.2) is 24.0 Å². The van der Waals surface area contributed by atoms with Gasteiger partial charge in [0.25, 0.3) is 0 Å². The average Bonchev–Trinajstić information content (AvgIpc) is 0.874. The number of alkyl halides is 1. The van der Waals surface area contributed by atoms with E-state index in [0.29, 0.717) is 103 Å². The molecule has 0 aliphatic carbocycles. The third-order valence-electron chi connectivity index (χ3n) is 15.1. The van der Waals surface area contributed by atoms with Gasteiger partial charge in [0.15, 0.2) is 0 Å². The van der Waals surface area contributed by atoms with Crippen LogP contribution in [-0.2, 0) is 33.4 Å². The van der Waals surface area contributed by atoms with Crippen LogP contribution in [0, 0.1) is 22.7 Å². The number of phenols is 2. The van der Waals surface area contributed by atoms with Crippen molar-refractivity contribution in [2.75, 3.05) is 65.3 Å². The van der Waals surface area contributed by atoms with E-state index in [1.807, 2.05) is 12.1 Å². The minimum Gasteiger partial charge on any atom is -0.508 e. The summed E-state index contributed by atoms with van der Waals surface area (Å²) in [4.78, 5) is 95.7. The molecule has 0 bridgehead atoms. The van der Waals surface area contributed by atoms with Gasteiger partial charge in [-0.1, -0.05) is 45.6 Å². The fraction of sp³-hybridized carbons (Fsp3) is 0.330. The number of aliphatic hydroxyl groups excluding tert-OH is 2. The van der Waals surface area contributed by atoms with Crippen LogP contribution in [-0.4, -0.2) is 145 Å². The van der Waals surface area contributed by atoms with E-state index in [-0.39, 0.29) is 35.6 Å². The number of ether oxygens (including phenoxy) is 8. The van der Waals surface area contributed by atoms with Crippen molar-refractivity contribution in [1.29, 1.82) is 10.5 Å². The van der Waals surface area contributed by atoms with E-state index in [1.165, 1.54) is 42.5 Å². The standard InChI is InChI=1S/C23H23NO5.C16H20O5.C16H20O4.C13H18O3.C7H5NO.C7H6O2.C6H13ClO.C3H3ClO/c1-2-22(25)28-16-6-4-3-5-15-27-20-13-9-19(10-14-20)23(26)29-21-11-7-18(17-24)8-12-21;1-2-15(17)21-12-6-4-3-5-11-20-14-9-7-13(8-10-14)16(18)19;1-2-16(18)20-12-6-4-3-5-11-19-15-9-7-14(13-17)8-10-15;14-9-3-1-2-4-10-16-13-7-5-12(11-15)6-8-13;2*8-5-6-1-3-7(9)4-2-6;7-5-3-1-2-4-6-8;1-2-3(4)5/h2,7-14H,1,3-6,15-16H2;2,7-10H,1,3-6,11-12H2,(H,18,19);2,7-10,13H,1,3-6,11-12H2;5-8,11,14H,1-4,9-10H2;1-4,9H;1-5,9H;8H,1-6H2;2H,1H2. The number of unbranched alkanes of at least 4 members (excludes halogenated alkanes) is 15. The molecule has 5 N–H and O–H groups in total. The fourth-order valence-corrected chi connectivity index (χ4v) is 8.96. The number of allylic oxidation sites excluding steroid dienone is 1. The van der Waals surface area contributed by atoms with Gasteiger partial charge in [0.1, 0.15) is 59.1 Å². The minimum atomic E-state index is -0.946. The van der Waals surface area contributed by atoms with Gasteiger partial charge in [-0.15, -0.1) is 11.6 Å². The number of rotatable bonds is 46. The van der Waals surface area contributed by atoms with E-state index in [9.17, 15) is 43.2 Å². The Morgan fingerprint density at radius 1 is 0.350 bits per heavy atom. The van der Waals surface area contributed by atoms with Crippen LogP contribution in [0.25, 0.3) is 0 Å². The van der Waals surface area contributed by atoms with E-state index in [4.69, 9.17) is 97.2 Å². The van der Waals surface area contributed by atoms with Crippen molar-refractivity contribution in [3.05, 3.63) is 259 Å². The molecular formula is C91H108Cl2N2O22. The maximum Gasteiger partial charge on any atom is 0.343 e. The number of hydrogen-bond acceptors (Lipinski definition) is 23. The van der Waals surface area contributed by atoms with Crippen LogP contribution in [0.3, 0.4) is 0 Å². The second-order valence-electron chi connectivity index (χ2n) is 24.3. The van der Waals surface area contributed by atoms with Gasteiger partial charge in [-0.05, 0) is 297 Å². The van der Waals surface area contributed by atoms with Crippen molar-refractivity contribution >= 4 is 77.1 Å². The highest BCUT2D eigenvalue weighted by molar-refractivity contribution is 6.66. The number of aromatic hydroxyl groups is 2. The van der Waals surface area contributed by atoms with Crippen molar-refractivity contribution in [3.63, 3.8) is 0 Å². The number of carboxylic acids is 1. The number of hydrogen-bond donors (Lipinski definition) is 5. The van der Waals surface area contributed by atoms with Gasteiger partial charge in [0.2, 0.25) is 5.24 Å². The number of nitriles is 2. The molecule has 0 saturated heterocycles. The highest BCUT2D eigenvalue weighted by atomic mass is 35.5. The molecule has 0 aliphatic rings. The minimum absolute atomic E-state index is 0.181. The summed E-state index contributed by atoms with van der Waals surface area (Å²) in [5.74, 6) is 1.86. The molecule has 0 unspecified atom stereocenters. The Kier molecular flexibility index (Phi) is 65.2. The lowest BCUT2D eigenvalue weighted by Crippen LogP contribution is -2.08. The molecule has 0 atom stereocenters. The van der Waals surface area contributed by atoms with Crippen LogP contribution in [0.5, 0.6) is 40.2 Å². The maximum atomic E-state index is 12.2. The summed E-state index contributed by atoms with van der Waals surface area (Å²) in [6.45, 7) is 17.4. The van der Waals surface area contributed by atoms with Crippen LogP contribution in [0.4, 0.5) is 0 Å². The van der Waals surface area contributed by atoms with Gasteiger partial charge in [0, 0.05) is 54.0 Å². The third kappa shape index (κ3) is 60.1. The average molecular weight is 1650 g/mol.